The van der Waals surface area contributed by atoms with E-state index in [1.165, 1.54) is 0 Å². The van der Waals surface area contributed by atoms with Crippen molar-refractivity contribution in [2.24, 2.45) is 9.98 Å². The molecule has 37 heavy (non-hydrogen) atoms. The SMILES string of the molecule is CC(C)(C)c1cc(C=NCCN=Cc2cc(C(C)(C)C)cc(C(C)(C)C)c2[O-])c([O-])c(C(C)(C)C)c1.[Ni+2]. The van der Waals surface area contributed by atoms with Crippen LogP contribution in [-0.4, -0.2) is 25.5 Å². The molecule has 206 valence electrons. The van der Waals surface area contributed by atoms with Gasteiger partial charge in [-0.1, -0.05) is 119 Å². The quantitative estimate of drug-likeness (QED) is 0.241. The van der Waals surface area contributed by atoms with Gasteiger partial charge in [0.15, 0.2) is 0 Å². The molecule has 0 atom stereocenters. The van der Waals surface area contributed by atoms with Gasteiger partial charge in [0.2, 0.25) is 0 Å². The second-order valence-electron chi connectivity index (χ2n) is 14.0. The fraction of sp³-hybridized carbons (Fsp3) is 0.562. The van der Waals surface area contributed by atoms with E-state index in [4.69, 9.17) is 0 Å². The van der Waals surface area contributed by atoms with Gasteiger partial charge in [-0.05, 0) is 55.0 Å². The van der Waals surface area contributed by atoms with Crippen LogP contribution in [0.5, 0.6) is 11.5 Å². The van der Waals surface area contributed by atoms with E-state index >= 15 is 0 Å². The molecule has 2 aromatic carbocycles. The molecule has 4 nitrogen and oxygen atoms in total. The zero-order valence-electron chi connectivity index (χ0n) is 24.9. The molecular weight excluding hydrogens is 503 g/mol. The van der Waals surface area contributed by atoms with Crippen LogP contribution in [0, 0.1) is 0 Å². The number of rotatable bonds is 5. The van der Waals surface area contributed by atoms with E-state index in [-0.39, 0.29) is 49.7 Å². The molecule has 0 aliphatic heterocycles. The summed E-state index contributed by atoms with van der Waals surface area (Å²) in [6.45, 7) is 26.2. The molecule has 0 N–H and O–H groups in total. The van der Waals surface area contributed by atoms with Crippen LogP contribution in [0.25, 0.3) is 0 Å². The maximum Gasteiger partial charge on any atom is 2.00 e. The average molecular weight is 549 g/mol. The minimum absolute atomic E-state index is 0. The fourth-order valence-electron chi connectivity index (χ4n) is 3.92. The first kappa shape index (κ1) is 32.9. The summed E-state index contributed by atoms with van der Waals surface area (Å²) in [6.07, 6.45) is 3.36. The summed E-state index contributed by atoms with van der Waals surface area (Å²) in [5.74, 6) is 0.0694. The van der Waals surface area contributed by atoms with Gasteiger partial charge >= 0.3 is 16.5 Å². The zero-order chi connectivity index (χ0) is 27.7. The summed E-state index contributed by atoms with van der Waals surface area (Å²) >= 11 is 0. The minimum atomic E-state index is -0.241. The van der Waals surface area contributed by atoms with E-state index < -0.39 is 0 Å². The standard InChI is InChI=1S/C32H48N2O2.Ni/c1-29(2,3)23-15-21(27(35)25(17-23)31(7,8)9)19-33-13-14-34-20-22-16-24(30(4,5)6)18-26(28(22)36)32(10,11)12;/h15-20,35-36H,13-14H2,1-12H3;/q;+2/p-2. The zero-order valence-corrected chi connectivity index (χ0v) is 25.9. The molecule has 0 aliphatic rings. The molecule has 2 rings (SSSR count). The van der Waals surface area contributed by atoms with Gasteiger partial charge in [0.1, 0.15) is 0 Å². The van der Waals surface area contributed by atoms with Crippen LogP contribution in [0.1, 0.15) is 116 Å². The van der Waals surface area contributed by atoms with Crippen LogP contribution in [0.15, 0.2) is 34.3 Å². The smallest absolute Gasteiger partial charge is 0.872 e. The molecule has 0 heterocycles. The predicted octanol–water partition coefficient (Wildman–Crippen LogP) is 6.56. The van der Waals surface area contributed by atoms with Gasteiger partial charge in [-0.15, -0.1) is 0 Å². The third-order valence-corrected chi connectivity index (χ3v) is 6.40. The van der Waals surface area contributed by atoms with Crippen molar-refractivity contribution in [1.29, 1.82) is 0 Å². The first-order chi connectivity index (χ1) is 16.2. The number of benzene rings is 2. The topological polar surface area (TPSA) is 70.8 Å². The van der Waals surface area contributed by atoms with Gasteiger partial charge in [-0.25, -0.2) is 0 Å². The number of aliphatic imine (C=N–C) groups is 2. The molecule has 0 saturated carbocycles. The van der Waals surface area contributed by atoms with E-state index in [9.17, 15) is 10.2 Å². The van der Waals surface area contributed by atoms with E-state index in [0.29, 0.717) is 24.2 Å². The van der Waals surface area contributed by atoms with Gasteiger partial charge in [-0.3, -0.25) is 9.98 Å². The largest absolute Gasteiger partial charge is 2.00 e. The molecule has 5 heteroatoms. The number of hydrogen-bond acceptors (Lipinski definition) is 4. The molecule has 0 aliphatic carbocycles. The van der Waals surface area contributed by atoms with Gasteiger partial charge in [0.25, 0.3) is 0 Å². The minimum Gasteiger partial charge on any atom is -0.872 e. The molecule has 0 aromatic heterocycles. The normalized spacial score (nSPS) is 13.4. The fourth-order valence-corrected chi connectivity index (χ4v) is 3.92. The van der Waals surface area contributed by atoms with Crippen molar-refractivity contribution in [2.45, 2.75) is 105 Å². The second kappa shape index (κ2) is 11.7. The molecular formula is C32H46N2NiO2. The van der Waals surface area contributed by atoms with E-state index in [1.807, 2.05) is 24.3 Å². The van der Waals surface area contributed by atoms with Crippen LogP contribution >= 0.6 is 0 Å². The van der Waals surface area contributed by atoms with E-state index in [0.717, 1.165) is 22.3 Å². The molecule has 0 fully saturated rings. The Kier molecular flexibility index (Phi) is 10.4. The van der Waals surface area contributed by atoms with Crippen molar-refractivity contribution in [3.8, 4) is 11.5 Å². The first-order valence-electron chi connectivity index (χ1n) is 12.9. The molecule has 0 bridgehead atoms. The summed E-state index contributed by atoms with van der Waals surface area (Å²) in [6, 6.07) is 8.00. The summed E-state index contributed by atoms with van der Waals surface area (Å²) < 4.78 is 0. The maximum absolute atomic E-state index is 13.1. The van der Waals surface area contributed by atoms with Crippen molar-refractivity contribution >= 4 is 12.4 Å². The van der Waals surface area contributed by atoms with Crippen LogP contribution in [0.2, 0.25) is 0 Å². The van der Waals surface area contributed by atoms with Crippen LogP contribution in [0.4, 0.5) is 0 Å². The Balaban J connectivity index is 0.00000684. The maximum atomic E-state index is 13.1. The van der Waals surface area contributed by atoms with Crippen LogP contribution < -0.4 is 10.2 Å². The Morgan fingerprint density at radius 2 is 0.838 bits per heavy atom. The average Bonchev–Trinajstić information content (AvgIpc) is 2.69. The Bertz CT molecular complexity index is 1040. The molecule has 0 amide bonds. The molecule has 0 radical (unpaired) electrons. The molecule has 2 aromatic rings. The van der Waals surface area contributed by atoms with Crippen molar-refractivity contribution in [3.05, 3.63) is 57.6 Å². The van der Waals surface area contributed by atoms with Crippen molar-refractivity contribution < 1.29 is 26.7 Å². The summed E-state index contributed by atoms with van der Waals surface area (Å²) in [5, 5.41) is 26.2. The van der Waals surface area contributed by atoms with Crippen LogP contribution in [-0.2, 0) is 38.2 Å². The van der Waals surface area contributed by atoms with Gasteiger partial charge < -0.3 is 10.2 Å². The Hall–Kier alpha value is -2.13. The summed E-state index contributed by atoms with van der Waals surface area (Å²) in [4.78, 5) is 9.00. The van der Waals surface area contributed by atoms with Crippen molar-refractivity contribution in [2.75, 3.05) is 13.1 Å². The number of nitrogens with zero attached hydrogens (tertiary/aromatic N) is 2. The van der Waals surface area contributed by atoms with Crippen LogP contribution in [0.3, 0.4) is 0 Å². The van der Waals surface area contributed by atoms with Crippen molar-refractivity contribution in [1.82, 2.24) is 0 Å². The molecule has 0 spiro atoms. The molecule has 0 saturated heterocycles. The Morgan fingerprint density at radius 3 is 1.08 bits per heavy atom. The Morgan fingerprint density at radius 1 is 0.541 bits per heavy atom. The monoisotopic (exact) mass is 548 g/mol. The summed E-state index contributed by atoms with van der Waals surface area (Å²) in [7, 11) is 0. The van der Waals surface area contributed by atoms with E-state index in [2.05, 4.69) is 93.1 Å². The number of hydrogen-bond donors (Lipinski definition) is 0. The molecule has 0 unspecified atom stereocenters. The third kappa shape index (κ3) is 8.71. The first-order valence-corrected chi connectivity index (χ1v) is 12.9. The summed E-state index contributed by atoms with van der Waals surface area (Å²) in [5.41, 5.74) is 4.50. The predicted molar refractivity (Wildman–Crippen MR) is 151 cm³/mol. The van der Waals surface area contributed by atoms with E-state index in [1.54, 1.807) is 12.4 Å². The Labute approximate surface area is 235 Å². The van der Waals surface area contributed by atoms with Gasteiger partial charge in [0, 0.05) is 12.4 Å². The third-order valence-electron chi connectivity index (χ3n) is 6.40. The second-order valence-corrected chi connectivity index (χ2v) is 14.0. The van der Waals surface area contributed by atoms with Crippen molar-refractivity contribution in [3.63, 3.8) is 0 Å². The van der Waals surface area contributed by atoms with Gasteiger partial charge in [-0.2, -0.15) is 0 Å². The van der Waals surface area contributed by atoms with Gasteiger partial charge in [0.05, 0.1) is 13.1 Å².